The Hall–Kier alpha value is -1.81. The first-order valence-electron chi connectivity index (χ1n) is 5.18. The van der Waals surface area contributed by atoms with Gasteiger partial charge in [-0.15, -0.1) is 0 Å². The van der Waals surface area contributed by atoms with Crippen LogP contribution in [-0.4, -0.2) is 26.2 Å². The van der Waals surface area contributed by atoms with Gasteiger partial charge in [-0.1, -0.05) is 23.7 Å². The molecule has 0 aliphatic rings. The van der Waals surface area contributed by atoms with Gasteiger partial charge in [-0.3, -0.25) is 4.79 Å². The second kappa shape index (κ2) is 6.81. The summed E-state index contributed by atoms with van der Waals surface area (Å²) < 4.78 is 9.14. The van der Waals surface area contributed by atoms with Crippen LogP contribution < -0.4 is 0 Å². The molecule has 0 bridgehead atoms. The lowest BCUT2D eigenvalue weighted by molar-refractivity contribution is -0.143. The quantitative estimate of drug-likeness (QED) is 0.622. The molecule has 0 aliphatic heterocycles. The maximum Gasteiger partial charge on any atom is 0.334 e. The molecule has 0 N–H and O–H groups in total. The van der Waals surface area contributed by atoms with Crippen molar-refractivity contribution in [2.24, 2.45) is 0 Å². The molecule has 0 aliphatic carbocycles. The van der Waals surface area contributed by atoms with Gasteiger partial charge in [0.05, 0.1) is 20.6 Å². The summed E-state index contributed by atoms with van der Waals surface area (Å²) in [6.07, 6.45) is 1.41. The Labute approximate surface area is 110 Å². The van der Waals surface area contributed by atoms with Gasteiger partial charge in [0.1, 0.15) is 0 Å². The normalized spacial score (nSPS) is 10.9. The van der Waals surface area contributed by atoms with Crippen LogP contribution in [0, 0.1) is 0 Å². The minimum Gasteiger partial charge on any atom is -0.469 e. The van der Waals surface area contributed by atoms with Crippen LogP contribution in [-0.2, 0) is 19.1 Å². The smallest absolute Gasteiger partial charge is 0.334 e. The van der Waals surface area contributed by atoms with E-state index in [9.17, 15) is 9.59 Å². The average Bonchev–Trinajstić information content (AvgIpc) is 2.36. The summed E-state index contributed by atoms with van der Waals surface area (Å²) in [6.45, 7) is 0. The Bertz CT molecular complexity index is 480. The first kappa shape index (κ1) is 14.3. The molecular formula is C13H13ClO4. The van der Waals surface area contributed by atoms with Crippen molar-refractivity contribution < 1.29 is 19.1 Å². The van der Waals surface area contributed by atoms with E-state index in [1.165, 1.54) is 14.2 Å². The van der Waals surface area contributed by atoms with Crippen molar-refractivity contribution in [3.63, 3.8) is 0 Å². The molecule has 96 valence electrons. The van der Waals surface area contributed by atoms with E-state index in [1.54, 1.807) is 30.3 Å². The highest BCUT2D eigenvalue weighted by molar-refractivity contribution is 6.30. The summed E-state index contributed by atoms with van der Waals surface area (Å²) in [7, 11) is 2.52. The first-order chi connectivity index (χ1) is 8.56. The van der Waals surface area contributed by atoms with Gasteiger partial charge in [0.25, 0.3) is 0 Å². The topological polar surface area (TPSA) is 52.6 Å². The molecular weight excluding hydrogens is 256 g/mol. The largest absolute Gasteiger partial charge is 0.469 e. The van der Waals surface area contributed by atoms with Gasteiger partial charge in [-0.05, 0) is 23.8 Å². The number of carbonyl (C=O) groups excluding carboxylic acids is 2. The van der Waals surface area contributed by atoms with Crippen LogP contribution in [0.3, 0.4) is 0 Å². The number of ether oxygens (including phenoxy) is 2. The Morgan fingerprint density at radius 2 is 2.00 bits per heavy atom. The molecule has 5 heteroatoms. The summed E-state index contributed by atoms with van der Waals surface area (Å²) in [5.41, 5.74) is 0.929. The third-order valence-corrected chi connectivity index (χ3v) is 2.43. The molecule has 0 amide bonds. The molecule has 0 atom stereocenters. The van der Waals surface area contributed by atoms with Crippen molar-refractivity contribution in [1.82, 2.24) is 0 Å². The second-order valence-corrected chi connectivity index (χ2v) is 3.91. The Morgan fingerprint density at radius 3 is 2.56 bits per heavy atom. The lowest BCUT2D eigenvalue weighted by Crippen LogP contribution is -2.10. The van der Waals surface area contributed by atoms with Crippen molar-refractivity contribution in [1.29, 1.82) is 0 Å². The first-order valence-corrected chi connectivity index (χ1v) is 5.56. The number of rotatable bonds is 4. The Kier molecular flexibility index (Phi) is 5.39. The van der Waals surface area contributed by atoms with E-state index >= 15 is 0 Å². The maximum atomic E-state index is 11.5. The highest BCUT2D eigenvalue weighted by Crippen LogP contribution is 2.16. The van der Waals surface area contributed by atoms with Crippen molar-refractivity contribution in [3.8, 4) is 0 Å². The summed E-state index contributed by atoms with van der Waals surface area (Å²) >= 11 is 5.84. The highest BCUT2D eigenvalue weighted by Gasteiger charge is 2.14. The molecule has 0 spiro atoms. The van der Waals surface area contributed by atoms with E-state index in [1.807, 2.05) is 0 Å². The molecule has 18 heavy (non-hydrogen) atoms. The van der Waals surface area contributed by atoms with E-state index in [-0.39, 0.29) is 12.0 Å². The molecule has 4 nitrogen and oxygen atoms in total. The van der Waals surface area contributed by atoms with Crippen molar-refractivity contribution in [3.05, 3.63) is 40.4 Å². The van der Waals surface area contributed by atoms with Gasteiger partial charge in [-0.2, -0.15) is 0 Å². The molecule has 0 radical (unpaired) electrons. The average molecular weight is 269 g/mol. The van der Waals surface area contributed by atoms with Crippen molar-refractivity contribution >= 4 is 29.6 Å². The molecule has 0 saturated heterocycles. The highest BCUT2D eigenvalue weighted by atomic mass is 35.5. The van der Waals surface area contributed by atoms with Crippen LogP contribution in [0.25, 0.3) is 6.08 Å². The van der Waals surface area contributed by atoms with E-state index in [0.29, 0.717) is 10.6 Å². The lowest BCUT2D eigenvalue weighted by atomic mass is 10.1. The number of esters is 2. The molecule has 1 aromatic carbocycles. The predicted octanol–water partition coefficient (Wildman–Crippen LogP) is 2.46. The monoisotopic (exact) mass is 268 g/mol. The van der Waals surface area contributed by atoms with Gasteiger partial charge in [0.15, 0.2) is 0 Å². The minimum atomic E-state index is -0.569. The molecule has 0 aromatic heterocycles. The fourth-order valence-corrected chi connectivity index (χ4v) is 1.54. The van der Waals surface area contributed by atoms with Gasteiger partial charge < -0.3 is 9.47 Å². The van der Waals surface area contributed by atoms with Gasteiger partial charge in [0.2, 0.25) is 0 Å². The van der Waals surface area contributed by atoms with E-state index < -0.39 is 11.9 Å². The van der Waals surface area contributed by atoms with Crippen LogP contribution in [0.15, 0.2) is 29.8 Å². The van der Waals surface area contributed by atoms with Crippen molar-refractivity contribution in [2.45, 2.75) is 6.42 Å². The lowest BCUT2D eigenvalue weighted by Gasteiger charge is -2.04. The molecule has 0 saturated carbocycles. The second-order valence-electron chi connectivity index (χ2n) is 3.47. The standard InChI is InChI=1S/C13H13ClO4/c1-17-12(15)8-10(13(16)18-2)6-9-4-3-5-11(14)7-9/h3-7H,8H2,1-2H3/b10-6-. The Balaban J connectivity index is 3.02. The number of carbonyl (C=O) groups is 2. The van der Waals surface area contributed by atoms with E-state index in [2.05, 4.69) is 9.47 Å². The summed E-state index contributed by atoms with van der Waals surface area (Å²) in [6, 6.07) is 6.92. The molecule has 1 aromatic rings. The number of hydrogen-bond acceptors (Lipinski definition) is 4. The van der Waals surface area contributed by atoms with Gasteiger partial charge in [-0.25, -0.2) is 4.79 Å². The van der Waals surface area contributed by atoms with Crippen LogP contribution in [0.4, 0.5) is 0 Å². The predicted molar refractivity (Wildman–Crippen MR) is 68.1 cm³/mol. The minimum absolute atomic E-state index is 0.143. The number of benzene rings is 1. The SMILES string of the molecule is COC(=O)C/C(=C/c1cccc(Cl)c1)C(=O)OC. The number of methoxy groups -OCH3 is 2. The number of hydrogen-bond donors (Lipinski definition) is 0. The summed E-state index contributed by atoms with van der Waals surface area (Å²) in [5, 5.41) is 0.547. The third-order valence-electron chi connectivity index (χ3n) is 2.20. The van der Waals surface area contributed by atoms with Crippen LogP contribution >= 0.6 is 11.6 Å². The Morgan fingerprint density at radius 1 is 1.28 bits per heavy atom. The molecule has 0 unspecified atom stereocenters. The van der Waals surface area contributed by atoms with Crippen LogP contribution in [0.5, 0.6) is 0 Å². The third kappa shape index (κ3) is 4.22. The molecule has 0 fully saturated rings. The number of halogens is 1. The van der Waals surface area contributed by atoms with Gasteiger partial charge >= 0.3 is 11.9 Å². The van der Waals surface area contributed by atoms with Crippen molar-refractivity contribution in [2.75, 3.05) is 14.2 Å². The van der Waals surface area contributed by atoms with Crippen LogP contribution in [0.1, 0.15) is 12.0 Å². The zero-order chi connectivity index (χ0) is 13.5. The van der Waals surface area contributed by atoms with Crippen LogP contribution in [0.2, 0.25) is 5.02 Å². The molecule has 0 heterocycles. The fourth-order valence-electron chi connectivity index (χ4n) is 1.34. The summed E-state index contributed by atoms with van der Waals surface area (Å²) in [5.74, 6) is -1.07. The fraction of sp³-hybridized carbons (Fsp3) is 0.231. The van der Waals surface area contributed by atoms with Gasteiger partial charge in [0, 0.05) is 10.6 Å². The molecule has 1 rings (SSSR count). The van der Waals surface area contributed by atoms with E-state index in [4.69, 9.17) is 11.6 Å². The summed E-state index contributed by atoms with van der Waals surface area (Å²) in [4.78, 5) is 22.7. The zero-order valence-corrected chi connectivity index (χ0v) is 10.9. The zero-order valence-electron chi connectivity index (χ0n) is 10.1. The van der Waals surface area contributed by atoms with E-state index in [0.717, 1.165) is 0 Å². The maximum absolute atomic E-state index is 11.5.